The Labute approximate surface area is 115 Å². The van der Waals surface area contributed by atoms with Gasteiger partial charge in [0.05, 0.1) is 11.1 Å². The maximum absolute atomic E-state index is 6.48. The third kappa shape index (κ3) is 5.40. The van der Waals surface area contributed by atoms with Gasteiger partial charge in [0.25, 0.3) is 0 Å². The van der Waals surface area contributed by atoms with E-state index in [1.165, 1.54) is 0 Å². The molecule has 1 atom stereocenters. The number of aryl methyl sites for hydroxylation is 1. The third-order valence-electron chi connectivity index (χ3n) is 2.94. The first-order chi connectivity index (χ1) is 8.44. The Morgan fingerprint density at radius 1 is 1.44 bits per heavy atom. The first-order valence-electron chi connectivity index (χ1n) is 6.59. The summed E-state index contributed by atoms with van der Waals surface area (Å²) in [5.74, 6) is 0. The molecule has 0 saturated carbocycles. The second-order valence-electron chi connectivity index (χ2n) is 5.89. The van der Waals surface area contributed by atoms with E-state index in [9.17, 15) is 0 Å². The first-order valence-corrected chi connectivity index (χ1v) is 7.02. The number of nitrogens with zero attached hydrogens (tertiary/aromatic N) is 2. The molecule has 0 aliphatic heterocycles. The minimum atomic E-state index is 0.0502. The van der Waals surface area contributed by atoms with Crippen LogP contribution in [0.2, 0.25) is 0 Å². The van der Waals surface area contributed by atoms with E-state index in [1.807, 2.05) is 16.9 Å². The largest absolute Gasteiger partial charge is 0.385 e. The number of alkyl halides is 1. The zero-order valence-electron chi connectivity index (χ0n) is 11.9. The van der Waals surface area contributed by atoms with E-state index in [1.54, 1.807) is 7.11 Å². The summed E-state index contributed by atoms with van der Waals surface area (Å²) < 4.78 is 7.06. The van der Waals surface area contributed by atoms with Gasteiger partial charge < -0.3 is 4.74 Å². The molecule has 1 aromatic heterocycles. The van der Waals surface area contributed by atoms with Crippen molar-refractivity contribution < 1.29 is 4.74 Å². The smallest absolute Gasteiger partial charge is 0.0754 e. The Morgan fingerprint density at radius 2 is 2.17 bits per heavy atom. The molecule has 4 heteroatoms. The molecule has 1 rings (SSSR count). The molecular weight excluding hydrogens is 248 g/mol. The van der Waals surface area contributed by atoms with E-state index in [0.29, 0.717) is 5.41 Å². The molecule has 0 N–H and O–H groups in total. The van der Waals surface area contributed by atoms with E-state index >= 15 is 0 Å². The molecule has 0 saturated heterocycles. The summed E-state index contributed by atoms with van der Waals surface area (Å²) in [6.45, 7) is 8.36. The van der Waals surface area contributed by atoms with E-state index in [4.69, 9.17) is 16.3 Å². The summed E-state index contributed by atoms with van der Waals surface area (Å²) in [6.07, 6.45) is 4.90. The molecule has 104 valence electrons. The second kappa shape index (κ2) is 7.15. The van der Waals surface area contributed by atoms with E-state index < -0.39 is 0 Å². The van der Waals surface area contributed by atoms with Gasteiger partial charge in [0.15, 0.2) is 0 Å². The van der Waals surface area contributed by atoms with E-state index in [-0.39, 0.29) is 5.38 Å². The van der Waals surface area contributed by atoms with Crippen LogP contribution in [-0.2, 0) is 11.3 Å². The number of hydrogen-bond donors (Lipinski definition) is 0. The van der Waals surface area contributed by atoms with Crippen LogP contribution in [-0.4, -0.2) is 23.5 Å². The predicted molar refractivity (Wildman–Crippen MR) is 76.0 cm³/mol. The fourth-order valence-electron chi connectivity index (χ4n) is 1.86. The molecule has 0 aliphatic rings. The third-order valence-corrected chi connectivity index (χ3v) is 3.38. The molecule has 0 radical (unpaired) electrons. The van der Waals surface area contributed by atoms with Crippen LogP contribution in [0.5, 0.6) is 0 Å². The van der Waals surface area contributed by atoms with Gasteiger partial charge >= 0.3 is 0 Å². The normalized spacial score (nSPS) is 13.8. The van der Waals surface area contributed by atoms with Gasteiger partial charge in [-0.25, -0.2) is 0 Å². The Morgan fingerprint density at radius 3 is 2.78 bits per heavy atom. The Hall–Kier alpha value is -0.540. The lowest BCUT2D eigenvalue weighted by atomic mass is 9.89. The van der Waals surface area contributed by atoms with Crippen molar-refractivity contribution in [1.29, 1.82) is 0 Å². The van der Waals surface area contributed by atoms with Crippen LogP contribution in [0.4, 0.5) is 0 Å². The molecule has 0 fully saturated rings. The molecule has 1 unspecified atom stereocenters. The lowest BCUT2D eigenvalue weighted by molar-refractivity contribution is 0.188. The molecule has 1 heterocycles. The van der Waals surface area contributed by atoms with Crippen molar-refractivity contribution in [2.75, 3.05) is 13.7 Å². The first kappa shape index (κ1) is 15.5. The van der Waals surface area contributed by atoms with Crippen LogP contribution in [0.15, 0.2) is 12.3 Å². The van der Waals surface area contributed by atoms with Crippen molar-refractivity contribution in [3.8, 4) is 0 Å². The zero-order valence-corrected chi connectivity index (χ0v) is 12.7. The van der Waals surface area contributed by atoms with Crippen molar-refractivity contribution in [2.45, 2.75) is 52.0 Å². The number of methoxy groups -OCH3 is 1. The van der Waals surface area contributed by atoms with Gasteiger partial charge in [-0.3, -0.25) is 4.68 Å². The van der Waals surface area contributed by atoms with Crippen LogP contribution in [0.3, 0.4) is 0 Å². The standard InChI is InChI=1S/C14H25ClN2O/c1-14(2,3)8-6-12(15)13-7-9-16-17(13)10-5-11-18-4/h7,9,12H,5-6,8,10-11H2,1-4H3. The number of hydrogen-bond acceptors (Lipinski definition) is 2. The van der Waals surface area contributed by atoms with Gasteiger partial charge in [0, 0.05) is 26.5 Å². The summed E-state index contributed by atoms with van der Waals surface area (Å²) in [5.41, 5.74) is 1.45. The number of halogens is 1. The van der Waals surface area contributed by atoms with Gasteiger partial charge in [0.2, 0.25) is 0 Å². The molecular formula is C14H25ClN2O. The highest BCUT2D eigenvalue weighted by atomic mass is 35.5. The predicted octanol–water partition coefficient (Wildman–Crippen LogP) is 4.03. The molecule has 18 heavy (non-hydrogen) atoms. The van der Waals surface area contributed by atoms with Gasteiger partial charge in [0.1, 0.15) is 0 Å². The minimum Gasteiger partial charge on any atom is -0.385 e. The number of rotatable bonds is 7. The molecule has 0 aliphatic carbocycles. The van der Waals surface area contributed by atoms with Crippen molar-refractivity contribution in [1.82, 2.24) is 9.78 Å². The summed E-state index contributed by atoms with van der Waals surface area (Å²) in [6, 6.07) is 2.02. The van der Waals surface area contributed by atoms with Gasteiger partial charge in [-0.05, 0) is 30.7 Å². The van der Waals surface area contributed by atoms with Crippen LogP contribution in [0.25, 0.3) is 0 Å². The Kier molecular flexibility index (Phi) is 6.16. The lowest BCUT2D eigenvalue weighted by Gasteiger charge is -2.20. The van der Waals surface area contributed by atoms with Crippen molar-refractivity contribution in [3.63, 3.8) is 0 Å². The van der Waals surface area contributed by atoms with Crippen LogP contribution in [0, 0.1) is 5.41 Å². The van der Waals surface area contributed by atoms with Gasteiger partial charge in [-0.2, -0.15) is 5.10 Å². The highest BCUT2D eigenvalue weighted by Crippen LogP contribution is 2.31. The summed E-state index contributed by atoms with van der Waals surface area (Å²) in [7, 11) is 1.72. The van der Waals surface area contributed by atoms with E-state index in [2.05, 4.69) is 25.9 Å². The molecule has 0 amide bonds. The minimum absolute atomic E-state index is 0.0502. The number of ether oxygens (including phenoxy) is 1. The SMILES string of the molecule is COCCCn1nccc1C(Cl)CCC(C)(C)C. The van der Waals surface area contributed by atoms with Crippen LogP contribution >= 0.6 is 11.6 Å². The van der Waals surface area contributed by atoms with Crippen molar-refractivity contribution in [3.05, 3.63) is 18.0 Å². The molecule has 1 aromatic rings. The summed E-state index contributed by atoms with van der Waals surface area (Å²) in [4.78, 5) is 0. The number of aromatic nitrogens is 2. The second-order valence-corrected chi connectivity index (χ2v) is 6.42. The fraction of sp³-hybridized carbons (Fsp3) is 0.786. The van der Waals surface area contributed by atoms with Crippen LogP contribution in [0.1, 0.15) is 51.1 Å². The highest BCUT2D eigenvalue weighted by molar-refractivity contribution is 6.20. The Balaban J connectivity index is 2.52. The Bertz CT molecular complexity index is 344. The highest BCUT2D eigenvalue weighted by Gasteiger charge is 2.17. The monoisotopic (exact) mass is 272 g/mol. The van der Waals surface area contributed by atoms with Crippen molar-refractivity contribution >= 4 is 11.6 Å². The fourth-order valence-corrected chi connectivity index (χ4v) is 2.16. The summed E-state index contributed by atoms with van der Waals surface area (Å²) >= 11 is 6.48. The maximum Gasteiger partial charge on any atom is 0.0754 e. The topological polar surface area (TPSA) is 27.1 Å². The average Bonchev–Trinajstić information content (AvgIpc) is 2.74. The molecule has 0 bridgehead atoms. The molecule has 3 nitrogen and oxygen atoms in total. The van der Waals surface area contributed by atoms with Crippen LogP contribution < -0.4 is 0 Å². The van der Waals surface area contributed by atoms with Gasteiger partial charge in [-0.1, -0.05) is 20.8 Å². The lowest BCUT2D eigenvalue weighted by Crippen LogP contribution is -2.11. The zero-order chi connectivity index (χ0) is 13.6. The van der Waals surface area contributed by atoms with Gasteiger partial charge in [-0.15, -0.1) is 11.6 Å². The van der Waals surface area contributed by atoms with E-state index in [0.717, 1.165) is 38.1 Å². The average molecular weight is 273 g/mol. The maximum atomic E-state index is 6.48. The summed E-state index contributed by atoms with van der Waals surface area (Å²) in [5, 5.41) is 4.38. The molecule has 0 spiro atoms. The quantitative estimate of drug-likeness (QED) is 0.554. The van der Waals surface area contributed by atoms with Crippen molar-refractivity contribution in [2.24, 2.45) is 5.41 Å². The molecule has 0 aromatic carbocycles.